The van der Waals surface area contributed by atoms with Crippen LogP contribution in [0.5, 0.6) is 0 Å². The molecule has 1 aromatic rings. The van der Waals surface area contributed by atoms with Gasteiger partial charge in [-0.15, -0.1) is 0 Å². The second kappa shape index (κ2) is 6.00. The van der Waals surface area contributed by atoms with Gasteiger partial charge in [0.25, 0.3) is 5.56 Å². The van der Waals surface area contributed by atoms with Gasteiger partial charge in [-0.2, -0.15) is 5.10 Å². The van der Waals surface area contributed by atoms with E-state index in [9.17, 15) is 4.79 Å². The van der Waals surface area contributed by atoms with Crippen LogP contribution in [-0.2, 0) is 6.54 Å². The van der Waals surface area contributed by atoms with Gasteiger partial charge >= 0.3 is 0 Å². The Hall–Kier alpha value is -1.36. The molecule has 0 aromatic carbocycles. The van der Waals surface area contributed by atoms with Gasteiger partial charge in [0.2, 0.25) is 0 Å². The van der Waals surface area contributed by atoms with E-state index in [0.29, 0.717) is 12.6 Å². The van der Waals surface area contributed by atoms with Gasteiger partial charge in [0.15, 0.2) is 0 Å². The van der Waals surface area contributed by atoms with Gasteiger partial charge in [-0.1, -0.05) is 0 Å². The lowest BCUT2D eigenvalue weighted by Gasteiger charge is -2.15. The van der Waals surface area contributed by atoms with Crippen molar-refractivity contribution in [2.45, 2.75) is 39.3 Å². The topological polar surface area (TPSA) is 50.2 Å². The maximum atomic E-state index is 11.9. The highest BCUT2D eigenvalue weighted by molar-refractivity contribution is 5.39. The summed E-state index contributed by atoms with van der Waals surface area (Å²) in [7, 11) is 0. The molecule has 2 rings (SSSR count). The number of likely N-dealkylation sites (tertiary alicyclic amines) is 1. The summed E-state index contributed by atoms with van der Waals surface area (Å²) in [5.41, 5.74) is 0.771. The van der Waals surface area contributed by atoms with Crippen molar-refractivity contribution in [3.8, 4) is 0 Å². The normalized spacial score (nSPS) is 16.4. The molecule has 1 N–H and O–H groups in total. The molecule has 0 atom stereocenters. The molecule has 0 amide bonds. The van der Waals surface area contributed by atoms with Gasteiger partial charge in [0, 0.05) is 18.7 Å². The molecule has 0 saturated carbocycles. The molecule has 18 heavy (non-hydrogen) atoms. The molecule has 0 spiro atoms. The second-order valence-corrected chi connectivity index (χ2v) is 5.15. The molecule has 0 aliphatic carbocycles. The maximum Gasteiger partial charge on any atom is 0.268 e. The lowest BCUT2D eigenvalue weighted by atomic mass is 10.3. The highest BCUT2D eigenvalue weighted by Crippen LogP contribution is 2.06. The van der Waals surface area contributed by atoms with Crippen LogP contribution < -0.4 is 10.9 Å². The summed E-state index contributed by atoms with van der Waals surface area (Å²) in [4.78, 5) is 14.3. The number of hydrogen-bond acceptors (Lipinski definition) is 4. The van der Waals surface area contributed by atoms with Crippen LogP contribution >= 0.6 is 0 Å². The summed E-state index contributed by atoms with van der Waals surface area (Å²) in [6.45, 7) is 7.99. The highest BCUT2D eigenvalue weighted by atomic mass is 16.1. The number of rotatable bonds is 5. The van der Waals surface area contributed by atoms with E-state index in [1.54, 1.807) is 16.9 Å². The van der Waals surface area contributed by atoms with Crippen molar-refractivity contribution in [3.05, 3.63) is 22.6 Å². The zero-order valence-corrected chi connectivity index (χ0v) is 11.2. The van der Waals surface area contributed by atoms with Gasteiger partial charge in [-0.25, -0.2) is 4.68 Å². The quantitative estimate of drug-likeness (QED) is 0.852. The molecule has 0 bridgehead atoms. The Morgan fingerprint density at radius 2 is 2.06 bits per heavy atom. The average molecular weight is 250 g/mol. The van der Waals surface area contributed by atoms with Crippen molar-refractivity contribution in [1.29, 1.82) is 0 Å². The summed E-state index contributed by atoms with van der Waals surface area (Å²) in [5.74, 6) is 0. The molecule has 1 saturated heterocycles. The summed E-state index contributed by atoms with van der Waals surface area (Å²) in [6.07, 6.45) is 4.28. The molecular formula is C13H22N4O. The van der Waals surface area contributed by atoms with Gasteiger partial charge < -0.3 is 10.2 Å². The minimum atomic E-state index is -0.0279. The predicted molar refractivity (Wildman–Crippen MR) is 72.9 cm³/mol. The van der Waals surface area contributed by atoms with E-state index >= 15 is 0 Å². The molecule has 1 aromatic heterocycles. The van der Waals surface area contributed by atoms with E-state index in [0.717, 1.165) is 25.3 Å². The van der Waals surface area contributed by atoms with Crippen LogP contribution in [0.25, 0.3) is 0 Å². The van der Waals surface area contributed by atoms with E-state index in [1.807, 2.05) is 13.8 Å². The largest absolute Gasteiger partial charge is 0.381 e. The average Bonchev–Trinajstić information content (AvgIpc) is 2.80. The van der Waals surface area contributed by atoms with E-state index in [2.05, 4.69) is 15.3 Å². The first-order chi connectivity index (χ1) is 8.65. The number of aromatic nitrogens is 2. The number of nitrogens with zero attached hydrogens (tertiary/aromatic N) is 3. The number of nitrogens with one attached hydrogen (secondary N) is 1. The van der Waals surface area contributed by atoms with Crippen molar-refractivity contribution in [1.82, 2.24) is 14.7 Å². The Bertz CT molecular complexity index is 435. The first-order valence-electron chi connectivity index (χ1n) is 6.71. The van der Waals surface area contributed by atoms with Crippen LogP contribution in [0.2, 0.25) is 0 Å². The van der Waals surface area contributed by atoms with Crippen LogP contribution in [0, 0.1) is 0 Å². The van der Waals surface area contributed by atoms with Crippen molar-refractivity contribution in [2.24, 2.45) is 0 Å². The van der Waals surface area contributed by atoms with E-state index < -0.39 is 0 Å². The van der Waals surface area contributed by atoms with Gasteiger partial charge in [0.05, 0.1) is 18.4 Å². The highest BCUT2D eigenvalue weighted by Gasteiger charge is 2.11. The first-order valence-corrected chi connectivity index (χ1v) is 6.71. The third-order valence-electron chi connectivity index (χ3n) is 3.15. The summed E-state index contributed by atoms with van der Waals surface area (Å²) >= 11 is 0. The molecule has 100 valence electrons. The molecule has 1 aliphatic rings. The molecule has 0 unspecified atom stereocenters. The third-order valence-corrected chi connectivity index (χ3v) is 3.15. The molecule has 2 heterocycles. The van der Waals surface area contributed by atoms with Crippen molar-refractivity contribution >= 4 is 5.69 Å². The Morgan fingerprint density at radius 1 is 1.33 bits per heavy atom. The zero-order valence-electron chi connectivity index (χ0n) is 11.2. The van der Waals surface area contributed by atoms with E-state index in [1.165, 1.54) is 12.8 Å². The van der Waals surface area contributed by atoms with Crippen LogP contribution in [-0.4, -0.2) is 40.4 Å². The molecule has 1 aliphatic heterocycles. The fourth-order valence-electron chi connectivity index (χ4n) is 2.26. The molecule has 1 fully saturated rings. The summed E-state index contributed by atoms with van der Waals surface area (Å²) in [5, 5.41) is 7.39. The number of anilines is 1. The Labute approximate surface area is 108 Å². The van der Waals surface area contributed by atoms with E-state index in [-0.39, 0.29) is 5.56 Å². The smallest absolute Gasteiger partial charge is 0.268 e. The Morgan fingerprint density at radius 3 is 2.67 bits per heavy atom. The predicted octanol–water partition coefficient (Wildman–Crippen LogP) is 1.16. The van der Waals surface area contributed by atoms with Crippen molar-refractivity contribution < 1.29 is 0 Å². The molecule has 0 radical (unpaired) electrons. The van der Waals surface area contributed by atoms with Gasteiger partial charge in [-0.3, -0.25) is 4.79 Å². The van der Waals surface area contributed by atoms with Crippen LogP contribution in [0.3, 0.4) is 0 Å². The van der Waals surface area contributed by atoms with Crippen LogP contribution in [0.4, 0.5) is 5.69 Å². The maximum absolute atomic E-state index is 11.9. The SMILES string of the molecule is CC(C)Nc1cnn(CCN2CCCC2)c(=O)c1. The first kappa shape index (κ1) is 13.1. The monoisotopic (exact) mass is 250 g/mol. The van der Waals surface area contributed by atoms with Gasteiger partial charge in [-0.05, 0) is 39.8 Å². The minimum absolute atomic E-state index is 0.0279. The Kier molecular flexibility index (Phi) is 4.36. The molecule has 5 nitrogen and oxygen atoms in total. The molecule has 5 heteroatoms. The Balaban J connectivity index is 1.94. The minimum Gasteiger partial charge on any atom is -0.381 e. The number of hydrogen-bond donors (Lipinski definition) is 1. The van der Waals surface area contributed by atoms with Crippen molar-refractivity contribution in [3.63, 3.8) is 0 Å². The zero-order chi connectivity index (χ0) is 13.0. The molecular weight excluding hydrogens is 228 g/mol. The standard InChI is InChI=1S/C13H22N4O/c1-11(2)15-12-9-13(18)17(14-10-12)8-7-16-5-3-4-6-16/h9-11,15H,3-8H2,1-2H3. The van der Waals surface area contributed by atoms with E-state index in [4.69, 9.17) is 0 Å². The lowest BCUT2D eigenvalue weighted by molar-refractivity contribution is 0.312. The third kappa shape index (κ3) is 3.57. The van der Waals surface area contributed by atoms with Crippen molar-refractivity contribution in [2.75, 3.05) is 25.0 Å². The summed E-state index contributed by atoms with van der Waals surface area (Å²) < 4.78 is 1.55. The lowest BCUT2D eigenvalue weighted by Crippen LogP contribution is -2.30. The second-order valence-electron chi connectivity index (χ2n) is 5.15. The van der Waals surface area contributed by atoms with Crippen LogP contribution in [0.15, 0.2) is 17.1 Å². The fourth-order valence-corrected chi connectivity index (χ4v) is 2.26. The fraction of sp³-hybridized carbons (Fsp3) is 0.692. The van der Waals surface area contributed by atoms with Crippen LogP contribution in [0.1, 0.15) is 26.7 Å². The summed E-state index contributed by atoms with van der Waals surface area (Å²) in [6, 6.07) is 1.93. The van der Waals surface area contributed by atoms with Gasteiger partial charge in [0.1, 0.15) is 0 Å².